The summed E-state index contributed by atoms with van der Waals surface area (Å²) in [5, 5.41) is 0. The molecule has 0 radical (unpaired) electrons. The van der Waals surface area contributed by atoms with Gasteiger partial charge in [-0.3, -0.25) is 0 Å². The SMILES string of the molecule is CC(C)=CO/C=C(\C)c1ccccc1. The first kappa shape index (κ1) is 10.6. The van der Waals surface area contributed by atoms with Crippen LogP contribution in [0, 0.1) is 0 Å². The van der Waals surface area contributed by atoms with Gasteiger partial charge in [0, 0.05) is 0 Å². The van der Waals surface area contributed by atoms with E-state index in [4.69, 9.17) is 4.74 Å². The van der Waals surface area contributed by atoms with Crippen molar-refractivity contribution in [1.82, 2.24) is 0 Å². The van der Waals surface area contributed by atoms with Crippen molar-refractivity contribution in [3.8, 4) is 0 Å². The van der Waals surface area contributed by atoms with Crippen LogP contribution in [0.4, 0.5) is 0 Å². The summed E-state index contributed by atoms with van der Waals surface area (Å²) in [6.07, 6.45) is 3.51. The molecule has 0 aliphatic carbocycles. The molecule has 1 heteroatoms. The number of hydrogen-bond donors (Lipinski definition) is 0. The van der Waals surface area contributed by atoms with E-state index in [9.17, 15) is 0 Å². The van der Waals surface area contributed by atoms with E-state index in [0.717, 1.165) is 11.1 Å². The van der Waals surface area contributed by atoms with E-state index in [1.165, 1.54) is 5.56 Å². The van der Waals surface area contributed by atoms with E-state index >= 15 is 0 Å². The Labute approximate surface area is 85.7 Å². The molecule has 0 bridgehead atoms. The molecule has 0 atom stereocenters. The van der Waals surface area contributed by atoms with Crippen LogP contribution in [0.25, 0.3) is 5.57 Å². The molecular weight excluding hydrogens is 172 g/mol. The van der Waals surface area contributed by atoms with Gasteiger partial charge in [0.25, 0.3) is 0 Å². The van der Waals surface area contributed by atoms with Crippen LogP contribution in [-0.2, 0) is 4.74 Å². The predicted molar refractivity (Wildman–Crippen MR) is 60.6 cm³/mol. The molecule has 74 valence electrons. The maximum Gasteiger partial charge on any atom is 0.0936 e. The van der Waals surface area contributed by atoms with Gasteiger partial charge < -0.3 is 4.74 Å². The van der Waals surface area contributed by atoms with Crippen LogP contribution in [0.5, 0.6) is 0 Å². The van der Waals surface area contributed by atoms with Gasteiger partial charge in [0.1, 0.15) is 0 Å². The Bertz CT molecular complexity index is 330. The minimum atomic E-state index is 1.13. The molecule has 0 saturated carbocycles. The highest BCUT2D eigenvalue weighted by Gasteiger charge is 1.92. The highest BCUT2D eigenvalue weighted by atomic mass is 16.5. The number of hydrogen-bond acceptors (Lipinski definition) is 1. The second-order valence-electron chi connectivity index (χ2n) is 3.50. The molecule has 0 heterocycles. The van der Waals surface area contributed by atoms with Gasteiger partial charge in [0.15, 0.2) is 0 Å². The zero-order valence-corrected chi connectivity index (χ0v) is 8.95. The summed E-state index contributed by atoms with van der Waals surface area (Å²) in [6.45, 7) is 6.05. The molecule has 0 aliphatic heterocycles. The molecule has 0 fully saturated rings. The predicted octanol–water partition coefficient (Wildman–Crippen LogP) is 3.99. The highest BCUT2D eigenvalue weighted by molar-refractivity contribution is 5.62. The van der Waals surface area contributed by atoms with Crippen molar-refractivity contribution in [2.24, 2.45) is 0 Å². The Morgan fingerprint density at radius 2 is 1.64 bits per heavy atom. The molecule has 1 nitrogen and oxygen atoms in total. The Hall–Kier alpha value is -1.50. The second-order valence-corrected chi connectivity index (χ2v) is 3.50. The second kappa shape index (κ2) is 5.28. The Morgan fingerprint density at radius 1 is 1.00 bits per heavy atom. The van der Waals surface area contributed by atoms with Crippen LogP contribution in [0.3, 0.4) is 0 Å². The minimum Gasteiger partial charge on any atom is -0.472 e. The third-order valence-electron chi connectivity index (χ3n) is 1.78. The monoisotopic (exact) mass is 188 g/mol. The molecule has 1 rings (SSSR count). The van der Waals surface area contributed by atoms with Crippen LogP contribution in [0.2, 0.25) is 0 Å². The van der Waals surface area contributed by atoms with Gasteiger partial charge in [-0.15, -0.1) is 0 Å². The zero-order chi connectivity index (χ0) is 10.4. The van der Waals surface area contributed by atoms with Crippen molar-refractivity contribution in [1.29, 1.82) is 0 Å². The topological polar surface area (TPSA) is 9.23 Å². The van der Waals surface area contributed by atoms with Gasteiger partial charge in [0.05, 0.1) is 12.5 Å². The average Bonchev–Trinajstić information content (AvgIpc) is 2.18. The van der Waals surface area contributed by atoms with Gasteiger partial charge in [-0.1, -0.05) is 30.3 Å². The molecule has 0 spiro atoms. The first-order valence-corrected chi connectivity index (χ1v) is 4.71. The fourth-order valence-corrected chi connectivity index (χ4v) is 1.04. The smallest absolute Gasteiger partial charge is 0.0936 e. The summed E-state index contributed by atoms with van der Waals surface area (Å²) >= 11 is 0. The van der Waals surface area contributed by atoms with E-state index < -0.39 is 0 Å². The summed E-state index contributed by atoms with van der Waals surface area (Å²) in [6, 6.07) is 10.2. The number of ether oxygens (including phenoxy) is 1. The first-order valence-electron chi connectivity index (χ1n) is 4.71. The molecule has 0 aliphatic rings. The lowest BCUT2D eigenvalue weighted by molar-refractivity contribution is 0.399. The lowest BCUT2D eigenvalue weighted by atomic mass is 10.1. The van der Waals surface area contributed by atoms with E-state index in [2.05, 4.69) is 12.1 Å². The fourth-order valence-electron chi connectivity index (χ4n) is 1.04. The van der Waals surface area contributed by atoms with Crippen molar-refractivity contribution in [2.75, 3.05) is 0 Å². The molecule has 0 unspecified atom stereocenters. The maximum absolute atomic E-state index is 5.29. The molecule has 1 aromatic rings. The van der Waals surface area contributed by atoms with Crippen LogP contribution < -0.4 is 0 Å². The summed E-state index contributed by atoms with van der Waals surface area (Å²) in [7, 11) is 0. The number of benzene rings is 1. The lowest BCUT2D eigenvalue weighted by Gasteiger charge is -2.00. The van der Waals surface area contributed by atoms with Crippen LogP contribution in [0.15, 0.2) is 48.4 Å². The molecular formula is C13H16O. The van der Waals surface area contributed by atoms with Crippen molar-refractivity contribution in [2.45, 2.75) is 20.8 Å². The Morgan fingerprint density at radius 3 is 2.21 bits per heavy atom. The molecule has 0 aromatic heterocycles. The van der Waals surface area contributed by atoms with E-state index in [1.807, 2.05) is 39.0 Å². The molecule has 0 amide bonds. The highest BCUT2D eigenvalue weighted by Crippen LogP contribution is 2.12. The lowest BCUT2D eigenvalue weighted by Crippen LogP contribution is -1.79. The van der Waals surface area contributed by atoms with Crippen LogP contribution >= 0.6 is 0 Å². The Balaban J connectivity index is 2.66. The third kappa shape index (κ3) is 3.48. The molecule has 14 heavy (non-hydrogen) atoms. The van der Waals surface area contributed by atoms with Gasteiger partial charge in [-0.25, -0.2) is 0 Å². The van der Waals surface area contributed by atoms with Crippen molar-refractivity contribution < 1.29 is 4.74 Å². The van der Waals surface area contributed by atoms with Gasteiger partial charge in [0.2, 0.25) is 0 Å². The van der Waals surface area contributed by atoms with Crippen LogP contribution in [-0.4, -0.2) is 0 Å². The quantitative estimate of drug-likeness (QED) is 0.652. The van der Waals surface area contributed by atoms with Gasteiger partial charge in [-0.2, -0.15) is 0 Å². The third-order valence-corrected chi connectivity index (χ3v) is 1.78. The number of rotatable bonds is 3. The maximum atomic E-state index is 5.29. The largest absolute Gasteiger partial charge is 0.472 e. The van der Waals surface area contributed by atoms with E-state index in [1.54, 1.807) is 12.5 Å². The summed E-state index contributed by atoms with van der Waals surface area (Å²) < 4.78 is 5.29. The Kier molecular flexibility index (Phi) is 3.99. The first-order chi connectivity index (χ1) is 6.70. The summed E-state index contributed by atoms with van der Waals surface area (Å²) in [4.78, 5) is 0. The standard InChI is InChI=1S/C13H16O/c1-11(2)9-14-10-12(3)13-7-5-4-6-8-13/h4-10H,1-3H3/b12-10+. The fraction of sp³-hybridized carbons (Fsp3) is 0.231. The van der Waals surface area contributed by atoms with E-state index in [-0.39, 0.29) is 0 Å². The molecule has 0 saturated heterocycles. The van der Waals surface area contributed by atoms with Crippen molar-refractivity contribution >= 4 is 5.57 Å². The minimum absolute atomic E-state index is 1.13. The number of allylic oxidation sites excluding steroid dienone is 2. The van der Waals surface area contributed by atoms with Crippen molar-refractivity contribution in [3.63, 3.8) is 0 Å². The van der Waals surface area contributed by atoms with Crippen LogP contribution in [0.1, 0.15) is 26.3 Å². The molecule has 1 aromatic carbocycles. The van der Waals surface area contributed by atoms with Crippen molar-refractivity contribution in [3.05, 3.63) is 54.0 Å². The average molecular weight is 188 g/mol. The normalized spacial score (nSPS) is 10.9. The summed E-state index contributed by atoms with van der Waals surface area (Å²) in [5.41, 5.74) is 3.47. The van der Waals surface area contributed by atoms with Gasteiger partial charge >= 0.3 is 0 Å². The molecule has 0 N–H and O–H groups in total. The van der Waals surface area contributed by atoms with Gasteiger partial charge in [-0.05, 0) is 37.5 Å². The van der Waals surface area contributed by atoms with E-state index in [0.29, 0.717) is 0 Å². The summed E-state index contributed by atoms with van der Waals surface area (Å²) in [5.74, 6) is 0. The zero-order valence-electron chi connectivity index (χ0n) is 8.95.